The second-order valence-corrected chi connectivity index (χ2v) is 8.90. The number of amides is 1. The molecule has 2 aromatic rings. The summed E-state index contributed by atoms with van der Waals surface area (Å²) in [5.74, 6) is 0.729. The zero-order valence-corrected chi connectivity index (χ0v) is 19.3. The van der Waals surface area contributed by atoms with Crippen molar-refractivity contribution in [1.29, 1.82) is 5.26 Å². The van der Waals surface area contributed by atoms with Crippen LogP contribution in [0.2, 0.25) is 0 Å². The van der Waals surface area contributed by atoms with Gasteiger partial charge in [0.05, 0.1) is 36.1 Å². The van der Waals surface area contributed by atoms with E-state index in [1.807, 2.05) is 26.0 Å². The number of pyridine rings is 1. The summed E-state index contributed by atoms with van der Waals surface area (Å²) >= 11 is 0.808. The van der Waals surface area contributed by atoms with Gasteiger partial charge in [0.25, 0.3) is 0 Å². The van der Waals surface area contributed by atoms with Crippen molar-refractivity contribution < 1.29 is 27.4 Å². The first-order valence-corrected chi connectivity index (χ1v) is 11.4. The van der Waals surface area contributed by atoms with Crippen molar-refractivity contribution in [3.05, 3.63) is 46.6 Å². The molecule has 0 saturated carbocycles. The van der Waals surface area contributed by atoms with Crippen LogP contribution in [0.5, 0.6) is 11.5 Å². The lowest BCUT2D eigenvalue weighted by Crippen LogP contribution is -2.33. The first kappa shape index (κ1) is 24.7. The number of nitrogens with one attached hydrogen (secondary N) is 1. The van der Waals surface area contributed by atoms with Crippen molar-refractivity contribution in [3.8, 4) is 17.6 Å². The Labute approximate surface area is 194 Å². The number of halogens is 3. The third-order valence-electron chi connectivity index (χ3n) is 4.99. The first-order valence-electron chi connectivity index (χ1n) is 10.4. The summed E-state index contributed by atoms with van der Waals surface area (Å²) in [5, 5.41) is 12.1. The average Bonchev–Trinajstić information content (AvgIpc) is 2.99. The summed E-state index contributed by atoms with van der Waals surface area (Å²) in [6, 6.07) is 7.57. The minimum atomic E-state index is -4.68. The van der Waals surface area contributed by atoms with Crippen molar-refractivity contribution in [2.75, 3.05) is 19.0 Å². The molecule has 1 aliphatic rings. The Balaban J connectivity index is 1.75. The molecule has 1 amide bonds. The van der Waals surface area contributed by atoms with E-state index in [-0.39, 0.29) is 34.3 Å². The minimum absolute atomic E-state index is 0.0345. The molecule has 0 aliphatic carbocycles. The van der Waals surface area contributed by atoms with Gasteiger partial charge in [0.1, 0.15) is 11.1 Å². The molecule has 6 nitrogen and oxygen atoms in total. The highest BCUT2D eigenvalue weighted by atomic mass is 32.2. The van der Waals surface area contributed by atoms with Crippen molar-refractivity contribution in [2.24, 2.45) is 5.92 Å². The van der Waals surface area contributed by atoms with Crippen LogP contribution in [0.4, 0.5) is 13.2 Å². The van der Waals surface area contributed by atoms with Crippen molar-refractivity contribution in [3.63, 3.8) is 0 Å². The Morgan fingerprint density at radius 3 is 2.58 bits per heavy atom. The van der Waals surface area contributed by atoms with Gasteiger partial charge in [-0.05, 0) is 36.6 Å². The molecular formula is C23H24F3N3O3S. The Hall–Kier alpha value is -2.93. The number of rotatable bonds is 6. The fourth-order valence-electron chi connectivity index (χ4n) is 3.44. The van der Waals surface area contributed by atoms with Crippen molar-refractivity contribution in [2.45, 2.75) is 44.4 Å². The van der Waals surface area contributed by atoms with E-state index in [2.05, 4.69) is 10.3 Å². The number of carbonyl (C=O) groups excluding carboxylic acids is 1. The van der Waals surface area contributed by atoms with Gasteiger partial charge in [-0.2, -0.15) is 18.4 Å². The summed E-state index contributed by atoms with van der Waals surface area (Å²) in [5.41, 5.74) is -0.670. The molecule has 176 valence electrons. The molecule has 0 radical (unpaired) electrons. The maximum absolute atomic E-state index is 13.3. The van der Waals surface area contributed by atoms with E-state index < -0.39 is 17.3 Å². The number of nitrogens with zero attached hydrogens (tertiary/aromatic N) is 2. The Morgan fingerprint density at radius 2 is 1.94 bits per heavy atom. The SMILES string of the molecule is Cc1cc(C(F)(F)F)c(C#N)c(SCC(=O)N[C@H](c2ccc3c(c2)OCCCO3)C(C)C)n1. The largest absolute Gasteiger partial charge is 0.490 e. The molecular weight excluding hydrogens is 455 g/mol. The lowest BCUT2D eigenvalue weighted by molar-refractivity contribution is -0.138. The van der Waals surface area contributed by atoms with Crippen molar-refractivity contribution >= 4 is 17.7 Å². The van der Waals surface area contributed by atoms with E-state index >= 15 is 0 Å². The summed E-state index contributed by atoms with van der Waals surface area (Å²) in [4.78, 5) is 16.7. The molecule has 0 spiro atoms. The standard InChI is InChI=1S/C23H24F3N3O3S/c1-13(2)21(15-5-6-18-19(10-15)32-8-4-7-31-18)29-20(30)12-33-22-16(11-27)17(23(24,25)26)9-14(3)28-22/h5-6,9-10,13,21H,4,7-8,12H2,1-3H3,(H,29,30)/t21-/m0/s1. The number of thioether (sulfide) groups is 1. The third-order valence-corrected chi connectivity index (χ3v) is 5.96. The van der Waals surface area contributed by atoms with Crippen LogP contribution < -0.4 is 14.8 Å². The van der Waals surface area contributed by atoms with Gasteiger partial charge >= 0.3 is 6.18 Å². The number of ether oxygens (including phenoxy) is 2. The van der Waals surface area contributed by atoms with E-state index in [0.29, 0.717) is 24.7 Å². The summed E-state index contributed by atoms with van der Waals surface area (Å²) in [6.07, 6.45) is -3.91. The van der Waals surface area contributed by atoms with E-state index in [1.54, 1.807) is 12.1 Å². The number of nitriles is 1. The third kappa shape index (κ3) is 6.11. The lowest BCUT2D eigenvalue weighted by Gasteiger charge is -2.24. The quantitative estimate of drug-likeness (QED) is 0.584. The number of benzene rings is 1. The molecule has 1 atom stereocenters. The molecule has 1 aromatic heterocycles. The summed E-state index contributed by atoms with van der Waals surface area (Å²) < 4.78 is 51.3. The van der Waals surface area contributed by atoms with Crippen molar-refractivity contribution in [1.82, 2.24) is 10.3 Å². The van der Waals surface area contributed by atoms with E-state index in [0.717, 1.165) is 29.8 Å². The molecule has 3 rings (SSSR count). The van der Waals surface area contributed by atoms with Gasteiger partial charge in [0.15, 0.2) is 11.5 Å². The molecule has 33 heavy (non-hydrogen) atoms. The van der Waals surface area contributed by atoms with Crippen LogP contribution in [0.25, 0.3) is 0 Å². The van der Waals surface area contributed by atoms with E-state index in [4.69, 9.17) is 9.47 Å². The number of fused-ring (bicyclic) bond motifs is 1. The molecule has 0 bridgehead atoms. The predicted octanol–water partition coefficient (Wildman–Crippen LogP) is 5.05. The Kier molecular flexibility index (Phi) is 7.74. The summed E-state index contributed by atoms with van der Waals surface area (Å²) in [7, 11) is 0. The Bertz CT molecular complexity index is 1070. The zero-order valence-electron chi connectivity index (χ0n) is 18.5. The van der Waals surface area contributed by atoms with Gasteiger partial charge in [0.2, 0.25) is 5.91 Å². The average molecular weight is 480 g/mol. The van der Waals surface area contributed by atoms with Gasteiger partial charge in [0, 0.05) is 12.1 Å². The Morgan fingerprint density at radius 1 is 1.24 bits per heavy atom. The van der Waals surface area contributed by atoms with Gasteiger partial charge < -0.3 is 14.8 Å². The maximum Gasteiger partial charge on any atom is 0.417 e. The molecule has 10 heteroatoms. The van der Waals surface area contributed by atoms with Crippen LogP contribution in [0.3, 0.4) is 0 Å². The molecule has 0 fully saturated rings. The number of carbonyl (C=O) groups is 1. The van der Waals surface area contributed by atoms with Gasteiger partial charge in [-0.3, -0.25) is 4.79 Å². The second kappa shape index (κ2) is 10.3. The molecule has 1 aliphatic heterocycles. The number of hydrogen-bond donors (Lipinski definition) is 1. The predicted molar refractivity (Wildman–Crippen MR) is 117 cm³/mol. The highest BCUT2D eigenvalue weighted by Gasteiger charge is 2.35. The lowest BCUT2D eigenvalue weighted by atomic mass is 9.95. The van der Waals surface area contributed by atoms with Crippen LogP contribution in [0, 0.1) is 24.2 Å². The zero-order chi connectivity index (χ0) is 24.2. The highest BCUT2D eigenvalue weighted by molar-refractivity contribution is 8.00. The fraction of sp³-hybridized carbons (Fsp3) is 0.435. The number of alkyl halides is 3. The van der Waals surface area contributed by atoms with E-state index in [1.165, 1.54) is 6.92 Å². The first-order chi connectivity index (χ1) is 15.6. The van der Waals surface area contributed by atoms with Gasteiger partial charge in [-0.25, -0.2) is 4.98 Å². The van der Waals surface area contributed by atoms with Crippen LogP contribution >= 0.6 is 11.8 Å². The molecule has 1 N–H and O–H groups in total. The van der Waals surface area contributed by atoms with Crippen LogP contribution in [-0.4, -0.2) is 29.9 Å². The molecule has 2 heterocycles. The van der Waals surface area contributed by atoms with Crippen LogP contribution in [0.15, 0.2) is 29.3 Å². The number of hydrogen-bond acceptors (Lipinski definition) is 6. The van der Waals surface area contributed by atoms with E-state index in [9.17, 15) is 23.2 Å². The molecule has 1 aromatic carbocycles. The topological polar surface area (TPSA) is 84.2 Å². The van der Waals surface area contributed by atoms with Gasteiger partial charge in [-0.15, -0.1) is 0 Å². The van der Waals surface area contributed by atoms with Crippen LogP contribution in [0.1, 0.15) is 48.7 Å². The monoisotopic (exact) mass is 479 g/mol. The maximum atomic E-state index is 13.3. The highest BCUT2D eigenvalue weighted by Crippen LogP contribution is 2.36. The number of aryl methyl sites for hydroxylation is 1. The summed E-state index contributed by atoms with van der Waals surface area (Å²) in [6.45, 7) is 6.43. The second-order valence-electron chi connectivity index (χ2n) is 7.94. The van der Waals surface area contributed by atoms with Gasteiger partial charge in [-0.1, -0.05) is 31.7 Å². The minimum Gasteiger partial charge on any atom is -0.490 e. The van der Waals surface area contributed by atoms with Crippen LogP contribution in [-0.2, 0) is 11.0 Å². The normalized spacial score (nSPS) is 14.4. The number of aromatic nitrogens is 1. The fourth-order valence-corrected chi connectivity index (χ4v) is 4.30. The molecule has 0 saturated heterocycles. The smallest absolute Gasteiger partial charge is 0.417 e. The molecule has 0 unspecified atom stereocenters.